The van der Waals surface area contributed by atoms with Crippen LogP contribution in [0.4, 0.5) is 0 Å². The number of amides is 1. The Bertz CT molecular complexity index is 559. The van der Waals surface area contributed by atoms with Gasteiger partial charge in [0.2, 0.25) is 0 Å². The Morgan fingerprint density at radius 1 is 1.29 bits per heavy atom. The van der Waals surface area contributed by atoms with Gasteiger partial charge in [0.05, 0.1) is 6.04 Å². The Morgan fingerprint density at radius 3 is 2.82 bits per heavy atom. The van der Waals surface area contributed by atoms with Crippen molar-refractivity contribution in [1.29, 1.82) is 0 Å². The predicted molar refractivity (Wildman–Crippen MR) is 63.7 cm³/mol. The third kappa shape index (κ3) is 1.62. The number of nitrogens with one attached hydrogen (secondary N) is 2. The maximum atomic E-state index is 11.9. The molecule has 0 fully saturated rings. The second-order valence-corrected chi connectivity index (χ2v) is 4.32. The van der Waals surface area contributed by atoms with E-state index in [0.29, 0.717) is 5.69 Å². The number of nitrogens with zero attached hydrogens (tertiary/aromatic N) is 1. The molecule has 0 unspecified atom stereocenters. The first kappa shape index (κ1) is 10.1. The third-order valence-corrected chi connectivity index (χ3v) is 3.20. The highest BCUT2D eigenvalue weighted by molar-refractivity contribution is 5.95. The van der Waals surface area contributed by atoms with Crippen LogP contribution in [-0.2, 0) is 6.42 Å². The van der Waals surface area contributed by atoms with Crippen molar-refractivity contribution in [3.05, 3.63) is 52.8 Å². The number of hydrogen-bond acceptors (Lipinski definition) is 2. The van der Waals surface area contributed by atoms with E-state index in [-0.39, 0.29) is 11.9 Å². The highest BCUT2D eigenvalue weighted by Crippen LogP contribution is 2.26. The number of aromatic amines is 1. The molecule has 1 amide bonds. The molecule has 1 aromatic carbocycles. The number of carbonyl (C=O) groups is 1. The van der Waals surface area contributed by atoms with Crippen LogP contribution in [0.15, 0.2) is 30.3 Å². The fourth-order valence-corrected chi connectivity index (χ4v) is 2.26. The summed E-state index contributed by atoms with van der Waals surface area (Å²) < 4.78 is 0. The minimum Gasteiger partial charge on any atom is -0.343 e. The summed E-state index contributed by atoms with van der Waals surface area (Å²) in [6.45, 7) is 1.95. The summed E-state index contributed by atoms with van der Waals surface area (Å²) in [5.41, 5.74) is 3.68. The van der Waals surface area contributed by atoms with E-state index in [9.17, 15) is 4.79 Å². The molecule has 0 saturated carbocycles. The van der Waals surface area contributed by atoms with Gasteiger partial charge >= 0.3 is 0 Å². The predicted octanol–water partition coefficient (Wildman–Crippen LogP) is 1.75. The van der Waals surface area contributed by atoms with Gasteiger partial charge in [0.15, 0.2) is 5.69 Å². The van der Waals surface area contributed by atoms with Crippen molar-refractivity contribution in [2.24, 2.45) is 0 Å². The summed E-state index contributed by atoms with van der Waals surface area (Å²) in [5.74, 6) is -0.0931. The first-order valence-corrected chi connectivity index (χ1v) is 5.65. The average Bonchev–Trinajstić information content (AvgIpc) is 2.73. The molecule has 2 N–H and O–H groups in total. The summed E-state index contributed by atoms with van der Waals surface area (Å²) in [7, 11) is 0. The van der Waals surface area contributed by atoms with Gasteiger partial charge in [-0.25, -0.2) is 0 Å². The molecule has 17 heavy (non-hydrogen) atoms. The largest absolute Gasteiger partial charge is 0.343 e. The van der Waals surface area contributed by atoms with E-state index in [4.69, 9.17) is 0 Å². The second-order valence-electron chi connectivity index (χ2n) is 4.32. The molecule has 1 aliphatic rings. The summed E-state index contributed by atoms with van der Waals surface area (Å²) in [6, 6.07) is 10.1. The number of H-pyrrole nitrogens is 1. The van der Waals surface area contributed by atoms with Crippen LogP contribution < -0.4 is 5.32 Å². The van der Waals surface area contributed by atoms with Crippen LogP contribution in [0.5, 0.6) is 0 Å². The number of hydrogen-bond donors (Lipinski definition) is 2. The molecule has 0 aliphatic carbocycles. The van der Waals surface area contributed by atoms with Gasteiger partial charge in [0.25, 0.3) is 5.91 Å². The lowest BCUT2D eigenvalue weighted by atomic mass is 9.94. The first-order valence-electron chi connectivity index (χ1n) is 5.65. The maximum Gasteiger partial charge on any atom is 0.272 e. The Labute approximate surface area is 99.1 Å². The molecular weight excluding hydrogens is 214 g/mol. The minimum absolute atomic E-state index is 0.0486. The van der Waals surface area contributed by atoms with Gasteiger partial charge in [-0.15, -0.1) is 0 Å². The van der Waals surface area contributed by atoms with Crippen molar-refractivity contribution in [3.8, 4) is 0 Å². The van der Waals surface area contributed by atoms with Crippen LogP contribution in [0.2, 0.25) is 0 Å². The van der Waals surface area contributed by atoms with Gasteiger partial charge in [-0.05, 0) is 12.5 Å². The van der Waals surface area contributed by atoms with E-state index in [1.54, 1.807) is 0 Å². The summed E-state index contributed by atoms with van der Waals surface area (Å²) in [6.07, 6.45) is 0.799. The number of rotatable bonds is 1. The van der Waals surface area contributed by atoms with Crippen molar-refractivity contribution < 1.29 is 4.79 Å². The highest BCUT2D eigenvalue weighted by atomic mass is 16.2. The summed E-state index contributed by atoms with van der Waals surface area (Å²) in [5, 5.41) is 9.88. The molecule has 1 aromatic heterocycles. The molecule has 4 nitrogen and oxygen atoms in total. The van der Waals surface area contributed by atoms with E-state index in [2.05, 4.69) is 15.5 Å². The number of carbonyl (C=O) groups excluding carboxylic acids is 1. The van der Waals surface area contributed by atoms with Crippen molar-refractivity contribution in [2.75, 3.05) is 0 Å². The maximum absolute atomic E-state index is 11.9. The van der Waals surface area contributed by atoms with E-state index < -0.39 is 0 Å². The van der Waals surface area contributed by atoms with Gasteiger partial charge in [-0.3, -0.25) is 9.89 Å². The zero-order valence-electron chi connectivity index (χ0n) is 9.53. The van der Waals surface area contributed by atoms with E-state index in [1.165, 1.54) is 0 Å². The normalized spacial score (nSPS) is 18.6. The van der Waals surface area contributed by atoms with Crippen LogP contribution in [-0.4, -0.2) is 16.1 Å². The monoisotopic (exact) mass is 227 g/mol. The SMILES string of the molecule is Cc1[nH]nc2c1C[C@@H](c1ccccc1)NC2=O. The van der Waals surface area contributed by atoms with Gasteiger partial charge in [-0.1, -0.05) is 30.3 Å². The molecular formula is C13H13N3O. The lowest BCUT2D eigenvalue weighted by Gasteiger charge is -2.23. The second kappa shape index (κ2) is 3.73. The van der Waals surface area contributed by atoms with Crippen LogP contribution in [0.25, 0.3) is 0 Å². The Balaban J connectivity index is 1.99. The third-order valence-electron chi connectivity index (χ3n) is 3.20. The molecule has 1 aliphatic heterocycles. The summed E-state index contributed by atoms with van der Waals surface area (Å²) >= 11 is 0. The molecule has 0 saturated heterocycles. The van der Waals surface area contributed by atoms with E-state index >= 15 is 0 Å². The number of aryl methyl sites for hydroxylation is 1. The zero-order chi connectivity index (χ0) is 11.8. The zero-order valence-corrected chi connectivity index (χ0v) is 9.53. The highest BCUT2D eigenvalue weighted by Gasteiger charge is 2.28. The van der Waals surface area contributed by atoms with Crippen molar-refractivity contribution in [2.45, 2.75) is 19.4 Å². The van der Waals surface area contributed by atoms with Crippen molar-refractivity contribution in [1.82, 2.24) is 15.5 Å². The van der Waals surface area contributed by atoms with Gasteiger partial charge in [0, 0.05) is 17.7 Å². The number of fused-ring (bicyclic) bond motifs is 1. The fourth-order valence-electron chi connectivity index (χ4n) is 2.26. The van der Waals surface area contributed by atoms with Crippen LogP contribution in [0.3, 0.4) is 0 Å². The smallest absolute Gasteiger partial charge is 0.272 e. The number of aromatic nitrogens is 2. The van der Waals surface area contributed by atoms with Gasteiger partial charge in [0.1, 0.15) is 0 Å². The average molecular weight is 227 g/mol. The molecule has 0 spiro atoms. The molecule has 3 rings (SSSR count). The van der Waals surface area contributed by atoms with E-state index in [0.717, 1.165) is 23.2 Å². The minimum atomic E-state index is -0.0931. The van der Waals surface area contributed by atoms with Crippen molar-refractivity contribution >= 4 is 5.91 Å². The molecule has 1 atom stereocenters. The van der Waals surface area contributed by atoms with Gasteiger partial charge in [-0.2, -0.15) is 5.10 Å². The first-order chi connectivity index (χ1) is 8.25. The van der Waals surface area contributed by atoms with E-state index in [1.807, 2.05) is 37.3 Å². The van der Waals surface area contributed by atoms with Crippen LogP contribution in [0.1, 0.15) is 33.4 Å². The molecule has 4 heteroatoms. The quantitative estimate of drug-likeness (QED) is 0.779. The lowest BCUT2D eigenvalue weighted by molar-refractivity contribution is 0.0920. The lowest BCUT2D eigenvalue weighted by Crippen LogP contribution is -2.35. The van der Waals surface area contributed by atoms with Crippen molar-refractivity contribution in [3.63, 3.8) is 0 Å². The Hall–Kier alpha value is -2.10. The standard InChI is InChI=1S/C13H13N3O/c1-8-10-7-11(9-5-3-2-4-6-9)14-13(17)12(10)16-15-8/h2-6,11H,7H2,1H3,(H,14,17)(H,15,16)/t11-/m0/s1. The van der Waals surface area contributed by atoms with Crippen LogP contribution >= 0.6 is 0 Å². The molecule has 0 bridgehead atoms. The topological polar surface area (TPSA) is 57.8 Å². The molecule has 2 heterocycles. The molecule has 0 radical (unpaired) electrons. The Kier molecular flexibility index (Phi) is 2.21. The fraction of sp³-hybridized carbons (Fsp3) is 0.231. The van der Waals surface area contributed by atoms with Gasteiger partial charge < -0.3 is 5.32 Å². The summed E-state index contributed by atoms with van der Waals surface area (Å²) in [4.78, 5) is 11.9. The molecule has 2 aromatic rings. The van der Waals surface area contributed by atoms with Crippen LogP contribution in [0, 0.1) is 6.92 Å². The molecule has 86 valence electrons. The Morgan fingerprint density at radius 2 is 2.06 bits per heavy atom. The number of benzene rings is 1.